The molecule has 1 fully saturated rings. The molecule has 0 aliphatic carbocycles. The Labute approximate surface area is 209 Å². The van der Waals surface area contributed by atoms with E-state index in [4.69, 9.17) is 35.4 Å². The molecular formula is C24H17BrCl2N4S. The van der Waals surface area contributed by atoms with Crippen LogP contribution in [-0.2, 0) is 0 Å². The first-order valence-electron chi connectivity index (χ1n) is 9.92. The summed E-state index contributed by atoms with van der Waals surface area (Å²) in [6, 6.07) is 23.4. The third-order valence-electron chi connectivity index (χ3n) is 5.46. The quantitative estimate of drug-likeness (QED) is 0.278. The Bertz CT molecular complexity index is 1280. The van der Waals surface area contributed by atoms with Crippen LogP contribution in [0.4, 0.5) is 5.69 Å². The second-order valence-electron chi connectivity index (χ2n) is 7.37. The van der Waals surface area contributed by atoms with Gasteiger partial charge in [-0.05, 0) is 78.9 Å². The lowest BCUT2D eigenvalue weighted by molar-refractivity contribution is 0.549. The SMILES string of the molecule is S=C1NC(c2ccccn2)C(c2cccn2-c2ccc(Cl)cc2Cl)N1c1ccc(Br)cc1. The van der Waals surface area contributed by atoms with Crippen LogP contribution in [0.25, 0.3) is 5.69 Å². The second-order valence-corrected chi connectivity index (χ2v) is 9.52. The summed E-state index contributed by atoms with van der Waals surface area (Å²) in [6.07, 6.45) is 3.80. The highest BCUT2D eigenvalue weighted by molar-refractivity contribution is 9.10. The van der Waals surface area contributed by atoms with Gasteiger partial charge in [0.15, 0.2) is 5.11 Å². The van der Waals surface area contributed by atoms with Crippen molar-refractivity contribution in [3.63, 3.8) is 0 Å². The maximum Gasteiger partial charge on any atom is 0.174 e. The van der Waals surface area contributed by atoms with Gasteiger partial charge in [0.05, 0.1) is 22.4 Å². The molecule has 1 aliphatic rings. The van der Waals surface area contributed by atoms with Crippen molar-refractivity contribution in [2.45, 2.75) is 12.1 Å². The molecule has 5 rings (SSSR count). The summed E-state index contributed by atoms with van der Waals surface area (Å²) < 4.78 is 3.09. The largest absolute Gasteiger partial charge is 0.351 e. The number of pyridine rings is 1. The van der Waals surface area contributed by atoms with E-state index in [1.54, 1.807) is 12.3 Å². The summed E-state index contributed by atoms with van der Waals surface area (Å²) in [7, 11) is 0. The molecular weight excluding hydrogens is 527 g/mol. The Hall–Kier alpha value is -2.38. The van der Waals surface area contributed by atoms with Crippen LogP contribution in [0.3, 0.4) is 0 Å². The van der Waals surface area contributed by atoms with E-state index in [-0.39, 0.29) is 12.1 Å². The molecule has 32 heavy (non-hydrogen) atoms. The van der Waals surface area contributed by atoms with Gasteiger partial charge in [-0.15, -0.1) is 0 Å². The molecule has 2 unspecified atom stereocenters. The number of nitrogens with one attached hydrogen (secondary N) is 1. The zero-order valence-corrected chi connectivity index (χ0v) is 20.5. The Balaban J connectivity index is 1.68. The molecule has 160 valence electrons. The topological polar surface area (TPSA) is 33.1 Å². The molecule has 8 heteroatoms. The van der Waals surface area contributed by atoms with Gasteiger partial charge in [-0.3, -0.25) is 4.98 Å². The van der Waals surface area contributed by atoms with E-state index >= 15 is 0 Å². The highest BCUT2D eigenvalue weighted by Crippen LogP contribution is 2.43. The first-order chi connectivity index (χ1) is 15.5. The maximum atomic E-state index is 6.57. The number of halogens is 3. The van der Waals surface area contributed by atoms with E-state index in [2.05, 4.69) is 53.9 Å². The normalized spacial score (nSPS) is 18.1. The van der Waals surface area contributed by atoms with Crippen LogP contribution < -0.4 is 10.2 Å². The summed E-state index contributed by atoms with van der Waals surface area (Å²) >= 11 is 22.0. The maximum absolute atomic E-state index is 6.57. The number of thiocarbonyl (C=S) groups is 1. The van der Waals surface area contributed by atoms with Crippen molar-refractivity contribution in [2.75, 3.05) is 4.90 Å². The average molecular weight is 544 g/mol. The first kappa shape index (κ1) is 21.5. The lowest BCUT2D eigenvalue weighted by Crippen LogP contribution is -2.30. The van der Waals surface area contributed by atoms with Crippen LogP contribution in [0.15, 0.2) is 89.7 Å². The summed E-state index contributed by atoms with van der Waals surface area (Å²) in [5.74, 6) is 0. The summed E-state index contributed by atoms with van der Waals surface area (Å²) in [4.78, 5) is 6.76. The lowest BCUT2D eigenvalue weighted by atomic mass is 10.0. The van der Waals surface area contributed by atoms with Gasteiger partial charge < -0.3 is 14.8 Å². The predicted molar refractivity (Wildman–Crippen MR) is 138 cm³/mol. The predicted octanol–water partition coefficient (Wildman–Crippen LogP) is 7.12. The average Bonchev–Trinajstić information content (AvgIpc) is 3.39. The van der Waals surface area contributed by atoms with Crippen LogP contribution in [0.2, 0.25) is 10.0 Å². The van der Waals surface area contributed by atoms with Crippen molar-refractivity contribution in [3.8, 4) is 5.69 Å². The molecule has 2 aromatic heterocycles. The summed E-state index contributed by atoms with van der Waals surface area (Å²) in [6.45, 7) is 0. The van der Waals surface area contributed by atoms with Crippen LogP contribution in [-0.4, -0.2) is 14.7 Å². The number of nitrogens with zero attached hydrogens (tertiary/aromatic N) is 3. The number of aromatic nitrogens is 2. The molecule has 1 saturated heterocycles. The van der Waals surface area contributed by atoms with Crippen molar-refractivity contribution < 1.29 is 0 Å². The Morgan fingerprint density at radius 1 is 0.969 bits per heavy atom. The third kappa shape index (κ3) is 3.92. The van der Waals surface area contributed by atoms with E-state index < -0.39 is 0 Å². The van der Waals surface area contributed by atoms with Gasteiger partial charge in [0, 0.05) is 33.3 Å². The zero-order chi connectivity index (χ0) is 22.2. The third-order valence-corrected chi connectivity index (χ3v) is 6.84. The molecule has 1 N–H and O–H groups in total. The highest BCUT2D eigenvalue weighted by Gasteiger charge is 2.42. The van der Waals surface area contributed by atoms with E-state index in [1.807, 2.05) is 54.7 Å². The molecule has 2 atom stereocenters. The van der Waals surface area contributed by atoms with E-state index in [9.17, 15) is 0 Å². The van der Waals surface area contributed by atoms with Crippen molar-refractivity contribution >= 4 is 62.1 Å². The van der Waals surface area contributed by atoms with Crippen molar-refractivity contribution in [3.05, 3.63) is 111 Å². The number of rotatable bonds is 4. The number of anilines is 1. The van der Waals surface area contributed by atoms with Gasteiger partial charge in [-0.25, -0.2) is 0 Å². The number of hydrogen-bond donors (Lipinski definition) is 1. The fourth-order valence-corrected chi connectivity index (χ4v) is 5.18. The molecule has 0 spiro atoms. The van der Waals surface area contributed by atoms with Crippen LogP contribution >= 0.6 is 51.3 Å². The fourth-order valence-electron chi connectivity index (χ4n) is 4.07. The smallest absolute Gasteiger partial charge is 0.174 e. The lowest BCUT2D eigenvalue weighted by Gasteiger charge is -2.29. The van der Waals surface area contributed by atoms with Crippen LogP contribution in [0.5, 0.6) is 0 Å². The van der Waals surface area contributed by atoms with E-state index in [0.717, 1.165) is 27.2 Å². The number of benzene rings is 2. The molecule has 0 amide bonds. The standard InChI is InChI=1S/C24H17BrCl2N4S/c25-15-6-9-17(10-7-15)31-23(22(29-24(31)32)19-4-1-2-12-28-19)21-5-3-13-30(21)20-11-8-16(26)14-18(20)27/h1-14,22-23H,(H,29,32). The van der Waals surface area contributed by atoms with Crippen LogP contribution in [0.1, 0.15) is 23.5 Å². The Morgan fingerprint density at radius 2 is 1.78 bits per heavy atom. The minimum Gasteiger partial charge on any atom is -0.351 e. The highest BCUT2D eigenvalue weighted by atomic mass is 79.9. The number of hydrogen-bond acceptors (Lipinski definition) is 2. The van der Waals surface area contributed by atoms with Gasteiger partial charge in [0.25, 0.3) is 0 Å². The van der Waals surface area contributed by atoms with E-state index in [1.165, 1.54) is 0 Å². The minimum absolute atomic E-state index is 0.146. The monoisotopic (exact) mass is 542 g/mol. The van der Waals surface area contributed by atoms with Crippen molar-refractivity contribution in [1.29, 1.82) is 0 Å². The van der Waals surface area contributed by atoms with Crippen LogP contribution in [0, 0.1) is 0 Å². The molecule has 0 bridgehead atoms. The molecule has 4 aromatic rings. The van der Waals surface area contributed by atoms with Crippen molar-refractivity contribution in [1.82, 2.24) is 14.9 Å². The van der Waals surface area contributed by atoms with Crippen molar-refractivity contribution in [2.24, 2.45) is 0 Å². The molecule has 4 nitrogen and oxygen atoms in total. The minimum atomic E-state index is -0.152. The van der Waals surface area contributed by atoms with Gasteiger partial charge >= 0.3 is 0 Å². The Morgan fingerprint density at radius 3 is 2.50 bits per heavy atom. The molecule has 3 heterocycles. The van der Waals surface area contributed by atoms with Gasteiger partial charge in [0.1, 0.15) is 6.04 Å². The second kappa shape index (κ2) is 8.87. The summed E-state index contributed by atoms with van der Waals surface area (Å²) in [5, 5.41) is 5.30. The van der Waals surface area contributed by atoms with E-state index in [0.29, 0.717) is 15.2 Å². The molecule has 0 saturated carbocycles. The van der Waals surface area contributed by atoms with Gasteiger partial charge in [0.2, 0.25) is 0 Å². The zero-order valence-electron chi connectivity index (χ0n) is 16.6. The van der Waals surface area contributed by atoms with Gasteiger partial charge in [-0.2, -0.15) is 0 Å². The molecule has 0 radical (unpaired) electrons. The molecule has 1 aliphatic heterocycles. The molecule has 2 aromatic carbocycles. The fraction of sp³-hybridized carbons (Fsp3) is 0.0833. The first-order valence-corrected chi connectivity index (χ1v) is 11.9. The Kier molecular flexibility index (Phi) is 5.95. The van der Waals surface area contributed by atoms with Gasteiger partial charge in [-0.1, -0.05) is 45.2 Å². The summed E-state index contributed by atoms with van der Waals surface area (Å²) in [5.41, 5.74) is 3.78.